The van der Waals surface area contributed by atoms with Crippen LogP contribution in [0.15, 0.2) is 60.0 Å². The van der Waals surface area contributed by atoms with Crippen LogP contribution in [-0.2, 0) is 16.4 Å². The fourth-order valence-electron chi connectivity index (χ4n) is 2.15. The second kappa shape index (κ2) is 8.29. The van der Waals surface area contributed by atoms with Crippen LogP contribution in [0.4, 0.5) is 0 Å². The van der Waals surface area contributed by atoms with E-state index in [1.54, 1.807) is 30.3 Å². The van der Waals surface area contributed by atoms with Crippen molar-refractivity contribution >= 4 is 27.7 Å². The molecule has 23 heavy (non-hydrogen) atoms. The molecule has 0 amide bonds. The van der Waals surface area contributed by atoms with Crippen molar-refractivity contribution in [2.45, 2.75) is 25.8 Å². The number of halogens is 1. The minimum absolute atomic E-state index is 0.130. The predicted octanol–water partition coefficient (Wildman–Crippen LogP) is 4.25. The lowest BCUT2D eigenvalue weighted by atomic mass is 10.1. The first kappa shape index (κ1) is 17.7. The first-order valence-electron chi connectivity index (χ1n) is 7.44. The zero-order valence-electron chi connectivity index (χ0n) is 12.9. The van der Waals surface area contributed by atoms with Crippen molar-refractivity contribution in [3.8, 4) is 0 Å². The number of aryl methyl sites for hydroxylation is 1. The van der Waals surface area contributed by atoms with E-state index in [4.69, 9.17) is 11.6 Å². The van der Waals surface area contributed by atoms with Crippen molar-refractivity contribution in [2.75, 3.05) is 0 Å². The molecule has 122 valence electrons. The van der Waals surface area contributed by atoms with Gasteiger partial charge in [-0.15, -0.1) is 0 Å². The van der Waals surface area contributed by atoms with Crippen LogP contribution in [-0.4, -0.2) is 14.5 Å². The minimum Gasteiger partial charge on any atom is -0.209 e. The molecule has 1 unspecified atom stereocenters. The van der Waals surface area contributed by atoms with Gasteiger partial charge in [0.1, 0.15) is 0 Å². The third-order valence-corrected chi connectivity index (χ3v) is 4.86. The van der Waals surface area contributed by atoms with Gasteiger partial charge in [0.25, 0.3) is 0 Å². The number of benzene rings is 2. The Balaban J connectivity index is 1.88. The normalized spacial score (nSPS) is 13.3. The highest BCUT2D eigenvalue weighted by atomic mass is 35.5. The Morgan fingerprint density at radius 3 is 2.39 bits per heavy atom. The van der Waals surface area contributed by atoms with Gasteiger partial charge in [-0.2, -0.15) is 0 Å². The molecule has 0 radical (unpaired) electrons. The quantitative estimate of drug-likeness (QED) is 0.812. The Labute approximate surface area is 143 Å². The van der Waals surface area contributed by atoms with E-state index in [-0.39, 0.29) is 6.04 Å². The maximum atomic E-state index is 12.1. The molecule has 0 aliphatic rings. The SMILES string of the molecule is CC(CCc1ccccc1)NS(=O)(=O)/C=C/c1ccc(Cl)cc1. The van der Waals surface area contributed by atoms with E-state index in [1.807, 2.05) is 37.3 Å². The third-order valence-electron chi connectivity index (χ3n) is 3.38. The smallest absolute Gasteiger partial charge is 0.209 e. The largest absolute Gasteiger partial charge is 0.233 e. The van der Waals surface area contributed by atoms with Gasteiger partial charge in [0.2, 0.25) is 10.0 Å². The Bertz CT molecular complexity index is 740. The molecule has 0 saturated heterocycles. The second-order valence-electron chi connectivity index (χ2n) is 5.44. The topological polar surface area (TPSA) is 46.2 Å². The van der Waals surface area contributed by atoms with E-state index in [2.05, 4.69) is 4.72 Å². The zero-order valence-corrected chi connectivity index (χ0v) is 14.5. The summed E-state index contributed by atoms with van der Waals surface area (Å²) in [7, 11) is -3.46. The summed E-state index contributed by atoms with van der Waals surface area (Å²) in [6.07, 6.45) is 3.14. The highest BCUT2D eigenvalue weighted by molar-refractivity contribution is 7.92. The highest BCUT2D eigenvalue weighted by Gasteiger charge is 2.11. The van der Waals surface area contributed by atoms with Gasteiger partial charge in [0.05, 0.1) is 0 Å². The van der Waals surface area contributed by atoms with Gasteiger partial charge in [-0.1, -0.05) is 54.1 Å². The summed E-state index contributed by atoms with van der Waals surface area (Å²) in [4.78, 5) is 0. The second-order valence-corrected chi connectivity index (χ2v) is 7.48. The molecule has 0 aliphatic carbocycles. The predicted molar refractivity (Wildman–Crippen MR) is 96.8 cm³/mol. The maximum absolute atomic E-state index is 12.1. The van der Waals surface area contributed by atoms with Crippen LogP contribution in [0, 0.1) is 0 Å². The maximum Gasteiger partial charge on any atom is 0.233 e. The molecular formula is C18H20ClNO2S. The summed E-state index contributed by atoms with van der Waals surface area (Å²) in [6.45, 7) is 1.87. The molecule has 0 fully saturated rings. The standard InChI is InChI=1S/C18H20ClNO2S/c1-15(7-8-16-5-3-2-4-6-16)20-23(21,22)14-13-17-9-11-18(19)12-10-17/h2-6,9-15,20H,7-8H2,1H3/b14-13+. The van der Waals surface area contributed by atoms with Gasteiger partial charge >= 0.3 is 0 Å². The van der Waals surface area contributed by atoms with Crippen LogP contribution < -0.4 is 4.72 Å². The fourth-order valence-corrected chi connectivity index (χ4v) is 3.37. The average Bonchev–Trinajstić information content (AvgIpc) is 2.53. The molecule has 1 N–H and O–H groups in total. The number of rotatable bonds is 7. The molecular weight excluding hydrogens is 330 g/mol. The summed E-state index contributed by atoms with van der Waals surface area (Å²) in [5.74, 6) is 0. The fraction of sp³-hybridized carbons (Fsp3) is 0.222. The zero-order chi connectivity index (χ0) is 16.7. The monoisotopic (exact) mass is 349 g/mol. The molecule has 3 nitrogen and oxygen atoms in total. The Morgan fingerprint density at radius 2 is 1.74 bits per heavy atom. The van der Waals surface area contributed by atoms with Crippen molar-refractivity contribution in [3.63, 3.8) is 0 Å². The number of hydrogen-bond donors (Lipinski definition) is 1. The molecule has 0 aromatic heterocycles. The summed E-state index contributed by atoms with van der Waals surface area (Å²) in [6, 6.07) is 16.9. The average molecular weight is 350 g/mol. The molecule has 2 rings (SSSR count). The molecule has 5 heteroatoms. The molecule has 1 atom stereocenters. The van der Waals surface area contributed by atoms with Crippen molar-refractivity contribution in [1.29, 1.82) is 0 Å². The van der Waals surface area contributed by atoms with E-state index in [0.29, 0.717) is 5.02 Å². The van der Waals surface area contributed by atoms with Gasteiger partial charge in [-0.05, 0) is 49.1 Å². The number of nitrogens with one attached hydrogen (secondary N) is 1. The van der Waals surface area contributed by atoms with Crippen LogP contribution in [0.3, 0.4) is 0 Å². The Morgan fingerprint density at radius 1 is 1.09 bits per heavy atom. The summed E-state index contributed by atoms with van der Waals surface area (Å²) < 4.78 is 26.8. The molecule has 0 heterocycles. The van der Waals surface area contributed by atoms with Crippen LogP contribution >= 0.6 is 11.6 Å². The lowest BCUT2D eigenvalue weighted by Gasteiger charge is -2.12. The van der Waals surface area contributed by atoms with E-state index >= 15 is 0 Å². The summed E-state index contributed by atoms with van der Waals surface area (Å²) >= 11 is 5.80. The Hall–Kier alpha value is -1.62. The molecule has 0 aliphatic heterocycles. The van der Waals surface area contributed by atoms with Gasteiger partial charge in [-0.25, -0.2) is 13.1 Å². The number of sulfonamides is 1. The molecule has 0 spiro atoms. The van der Waals surface area contributed by atoms with Gasteiger partial charge in [-0.3, -0.25) is 0 Å². The first-order chi connectivity index (χ1) is 10.9. The van der Waals surface area contributed by atoms with Crippen LogP contribution in [0.25, 0.3) is 6.08 Å². The third kappa shape index (κ3) is 6.57. The molecule has 0 bridgehead atoms. The first-order valence-corrected chi connectivity index (χ1v) is 9.37. The Kier molecular flexibility index (Phi) is 6.39. The summed E-state index contributed by atoms with van der Waals surface area (Å²) in [5, 5.41) is 1.81. The van der Waals surface area contributed by atoms with Crippen molar-refractivity contribution < 1.29 is 8.42 Å². The molecule has 2 aromatic rings. The van der Waals surface area contributed by atoms with Crippen molar-refractivity contribution in [1.82, 2.24) is 4.72 Å². The van der Waals surface area contributed by atoms with E-state index in [9.17, 15) is 8.42 Å². The van der Waals surface area contributed by atoms with E-state index in [0.717, 1.165) is 18.4 Å². The lowest BCUT2D eigenvalue weighted by Crippen LogP contribution is -2.31. The van der Waals surface area contributed by atoms with Gasteiger partial charge in [0, 0.05) is 16.5 Å². The highest BCUT2D eigenvalue weighted by Crippen LogP contribution is 2.11. The van der Waals surface area contributed by atoms with E-state index < -0.39 is 10.0 Å². The van der Waals surface area contributed by atoms with Crippen LogP contribution in [0.2, 0.25) is 5.02 Å². The van der Waals surface area contributed by atoms with Crippen LogP contribution in [0.1, 0.15) is 24.5 Å². The van der Waals surface area contributed by atoms with Crippen molar-refractivity contribution in [3.05, 3.63) is 76.2 Å². The number of hydrogen-bond acceptors (Lipinski definition) is 2. The molecule has 0 saturated carbocycles. The van der Waals surface area contributed by atoms with Gasteiger partial charge in [0.15, 0.2) is 0 Å². The lowest BCUT2D eigenvalue weighted by molar-refractivity contribution is 0.555. The van der Waals surface area contributed by atoms with Crippen molar-refractivity contribution in [2.24, 2.45) is 0 Å². The van der Waals surface area contributed by atoms with Gasteiger partial charge < -0.3 is 0 Å². The van der Waals surface area contributed by atoms with E-state index in [1.165, 1.54) is 11.0 Å². The summed E-state index contributed by atoms with van der Waals surface area (Å²) in [5.41, 5.74) is 1.99. The molecule has 2 aromatic carbocycles. The van der Waals surface area contributed by atoms with Crippen LogP contribution in [0.5, 0.6) is 0 Å². The minimum atomic E-state index is -3.46.